The number of rotatable bonds is 3. The standard InChI is InChI=1S/C21H14Cl2N4O2S/c1-30-21-25-20-18(26-27-21)12-4-2-3-5-15(12)24-19(29-20)17-9-8-16(28-17)11-6-7-13(22)14(23)10-11/h2-10,19,24H,1H3. The molecule has 0 amide bonds. The molecule has 1 aliphatic heterocycles. The minimum Gasteiger partial charge on any atom is -0.455 e. The number of hydrogen-bond acceptors (Lipinski definition) is 7. The molecule has 3 heterocycles. The number of benzene rings is 2. The average molecular weight is 457 g/mol. The fraction of sp³-hybridized carbons (Fsp3) is 0.0952. The summed E-state index contributed by atoms with van der Waals surface area (Å²) in [6.45, 7) is 0. The monoisotopic (exact) mass is 456 g/mol. The van der Waals surface area contributed by atoms with Crippen molar-refractivity contribution in [1.29, 1.82) is 0 Å². The van der Waals surface area contributed by atoms with Crippen LogP contribution in [-0.2, 0) is 0 Å². The zero-order valence-electron chi connectivity index (χ0n) is 15.6. The largest absolute Gasteiger partial charge is 0.455 e. The van der Waals surface area contributed by atoms with E-state index in [0.29, 0.717) is 38.3 Å². The summed E-state index contributed by atoms with van der Waals surface area (Å²) in [7, 11) is 0. The summed E-state index contributed by atoms with van der Waals surface area (Å²) in [5.74, 6) is 1.63. The van der Waals surface area contributed by atoms with Crippen molar-refractivity contribution in [1.82, 2.24) is 15.2 Å². The fourth-order valence-electron chi connectivity index (χ4n) is 3.16. The van der Waals surface area contributed by atoms with Crippen molar-refractivity contribution < 1.29 is 9.15 Å². The molecule has 1 aliphatic rings. The Bertz CT molecular complexity index is 1250. The van der Waals surface area contributed by atoms with Gasteiger partial charge in [0.05, 0.1) is 10.0 Å². The van der Waals surface area contributed by atoms with Crippen molar-refractivity contribution in [2.45, 2.75) is 11.4 Å². The van der Waals surface area contributed by atoms with Crippen molar-refractivity contribution >= 4 is 40.7 Å². The Kier molecular flexibility index (Phi) is 5.02. The number of thioether (sulfide) groups is 1. The summed E-state index contributed by atoms with van der Waals surface area (Å²) in [6, 6.07) is 16.8. The Morgan fingerprint density at radius 2 is 1.87 bits per heavy atom. The first kappa shape index (κ1) is 19.2. The van der Waals surface area contributed by atoms with Gasteiger partial charge in [0, 0.05) is 16.8 Å². The number of fused-ring (bicyclic) bond motifs is 3. The summed E-state index contributed by atoms with van der Waals surface area (Å²) in [4.78, 5) is 4.51. The van der Waals surface area contributed by atoms with Gasteiger partial charge in [-0.3, -0.25) is 0 Å². The second-order valence-corrected chi connectivity index (χ2v) is 8.06. The number of halogens is 2. The van der Waals surface area contributed by atoms with E-state index in [2.05, 4.69) is 20.5 Å². The molecule has 9 heteroatoms. The smallest absolute Gasteiger partial charge is 0.247 e. The summed E-state index contributed by atoms with van der Waals surface area (Å²) in [5, 5.41) is 13.3. The molecule has 30 heavy (non-hydrogen) atoms. The highest BCUT2D eigenvalue weighted by Gasteiger charge is 2.28. The lowest BCUT2D eigenvalue weighted by atomic mass is 10.1. The normalized spacial score (nSPS) is 14.8. The molecule has 0 spiro atoms. The van der Waals surface area contributed by atoms with E-state index in [0.717, 1.165) is 16.8 Å². The lowest BCUT2D eigenvalue weighted by molar-refractivity contribution is 0.196. The summed E-state index contributed by atoms with van der Waals surface area (Å²) in [5.41, 5.74) is 3.11. The minimum atomic E-state index is -0.602. The van der Waals surface area contributed by atoms with Crippen LogP contribution in [0.5, 0.6) is 5.88 Å². The molecule has 1 unspecified atom stereocenters. The molecule has 0 saturated heterocycles. The third-order valence-electron chi connectivity index (χ3n) is 4.61. The molecule has 1 N–H and O–H groups in total. The van der Waals surface area contributed by atoms with Crippen molar-refractivity contribution in [3.63, 3.8) is 0 Å². The Balaban J connectivity index is 1.55. The van der Waals surface area contributed by atoms with Crippen LogP contribution in [0, 0.1) is 0 Å². The summed E-state index contributed by atoms with van der Waals surface area (Å²) >= 11 is 13.6. The molecule has 0 fully saturated rings. The number of furan rings is 1. The zero-order valence-corrected chi connectivity index (χ0v) is 17.9. The Morgan fingerprint density at radius 1 is 1.00 bits per heavy atom. The molecule has 4 aromatic rings. The van der Waals surface area contributed by atoms with Gasteiger partial charge in [0.1, 0.15) is 5.76 Å². The fourth-order valence-corrected chi connectivity index (χ4v) is 3.76. The van der Waals surface area contributed by atoms with Crippen LogP contribution in [0.25, 0.3) is 22.6 Å². The molecule has 6 nitrogen and oxygen atoms in total. The molecule has 0 bridgehead atoms. The van der Waals surface area contributed by atoms with Crippen LogP contribution in [0.3, 0.4) is 0 Å². The van der Waals surface area contributed by atoms with Gasteiger partial charge in [-0.15, -0.1) is 10.2 Å². The average Bonchev–Trinajstić information content (AvgIpc) is 3.19. The lowest BCUT2D eigenvalue weighted by Gasteiger charge is -2.16. The van der Waals surface area contributed by atoms with Crippen molar-refractivity contribution in [3.8, 4) is 28.5 Å². The lowest BCUT2D eigenvalue weighted by Crippen LogP contribution is -2.16. The number of para-hydroxylation sites is 1. The van der Waals surface area contributed by atoms with Crippen LogP contribution >= 0.6 is 35.0 Å². The van der Waals surface area contributed by atoms with Gasteiger partial charge in [-0.25, -0.2) is 0 Å². The van der Waals surface area contributed by atoms with Gasteiger partial charge in [0.15, 0.2) is 11.5 Å². The highest BCUT2D eigenvalue weighted by Crippen LogP contribution is 2.40. The van der Waals surface area contributed by atoms with Gasteiger partial charge < -0.3 is 14.5 Å². The van der Waals surface area contributed by atoms with E-state index < -0.39 is 6.23 Å². The van der Waals surface area contributed by atoms with Gasteiger partial charge in [0.25, 0.3) is 0 Å². The molecule has 0 aliphatic carbocycles. The first-order valence-corrected chi connectivity index (χ1v) is 11.0. The molecule has 150 valence electrons. The third kappa shape index (κ3) is 3.49. The minimum absolute atomic E-state index is 0.393. The molecule has 2 aromatic carbocycles. The van der Waals surface area contributed by atoms with Crippen LogP contribution in [0.2, 0.25) is 10.0 Å². The molecular formula is C21H14Cl2N4O2S. The predicted molar refractivity (Wildman–Crippen MR) is 118 cm³/mol. The van der Waals surface area contributed by atoms with Gasteiger partial charge >= 0.3 is 0 Å². The van der Waals surface area contributed by atoms with Crippen molar-refractivity contribution in [3.05, 3.63) is 70.4 Å². The quantitative estimate of drug-likeness (QED) is 0.361. The predicted octanol–water partition coefficient (Wildman–Crippen LogP) is 6.33. The van der Waals surface area contributed by atoms with Crippen LogP contribution < -0.4 is 10.1 Å². The maximum absolute atomic E-state index is 6.18. The van der Waals surface area contributed by atoms with Gasteiger partial charge in [-0.1, -0.05) is 53.2 Å². The number of nitrogens with one attached hydrogen (secondary N) is 1. The van der Waals surface area contributed by atoms with E-state index >= 15 is 0 Å². The second-order valence-electron chi connectivity index (χ2n) is 6.47. The molecule has 0 saturated carbocycles. The molecular weight excluding hydrogens is 443 g/mol. The third-order valence-corrected chi connectivity index (χ3v) is 5.88. The maximum atomic E-state index is 6.18. The van der Waals surface area contributed by atoms with E-state index in [-0.39, 0.29) is 0 Å². The first-order chi connectivity index (χ1) is 14.6. The Hall–Kier alpha value is -2.74. The maximum Gasteiger partial charge on any atom is 0.247 e. The highest BCUT2D eigenvalue weighted by molar-refractivity contribution is 7.98. The summed E-state index contributed by atoms with van der Waals surface area (Å²) < 4.78 is 12.3. The van der Waals surface area contributed by atoms with Crippen LogP contribution in [0.15, 0.2) is 64.2 Å². The second kappa shape index (κ2) is 7.83. The van der Waals surface area contributed by atoms with Gasteiger partial charge in [-0.05, 0) is 42.7 Å². The Labute approximate surface area is 186 Å². The molecule has 5 rings (SSSR count). The topological polar surface area (TPSA) is 73.1 Å². The summed E-state index contributed by atoms with van der Waals surface area (Å²) in [6.07, 6.45) is 1.29. The van der Waals surface area contributed by atoms with Gasteiger partial charge in [-0.2, -0.15) is 4.98 Å². The first-order valence-electron chi connectivity index (χ1n) is 8.99. The highest BCUT2D eigenvalue weighted by atomic mass is 35.5. The Morgan fingerprint density at radius 3 is 2.70 bits per heavy atom. The van der Waals surface area contributed by atoms with Crippen LogP contribution in [0.1, 0.15) is 12.0 Å². The molecule has 1 atom stereocenters. The number of anilines is 1. The van der Waals surface area contributed by atoms with E-state index in [4.69, 9.17) is 32.4 Å². The number of aromatic nitrogens is 3. The molecule has 2 aromatic heterocycles. The van der Waals surface area contributed by atoms with E-state index in [1.807, 2.05) is 48.7 Å². The van der Waals surface area contributed by atoms with E-state index in [1.165, 1.54) is 11.8 Å². The van der Waals surface area contributed by atoms with Crippen molar-refractivity contribution in [2.24, 2.45) is 0 Å². The van der Waals surface area contributed by atoms with Gasteiger partial charge in [0.2, 0.25) is 17.3 Å². The van der Waals surface area contributed by atoms with E-state index in [9.17, 15) is 0 Å². The number of hydrogen-bond donors (Lipinski definition) is 1. The molecule has 0 radical (unpaired) electrons. The van der Waals surface area contributed by atoms with Crippen molar-refractivity contribution in [2.75, 3.05) is 11.6 Å². The zero-order chi connectivity index (χ0) is 20.7. The van der Waals surface area contributed by atoms with Crippen LogP contribution in [0.4, 0.5) is 5.69 Å². The SMILES string of the molecule is CSc1nnc2c(n1)OC(c1ccc(-c3ccc(Cl)c(Cl)c3)o1)Nc1ccccc1-2. The van der Waals surface area contributed by atoms with Crippen LogP contribution in [-0.4, -0.2) is 21.4 Å². The van der Waals surface area contributed by atoms with E-state index in [1.54, 1.807) is 12.1 Å². The number of ether oxygens (including phenoxy) is 1. The number of nitrogens with zero attached hydrogens (tertiary/aromatic N) is 3.